The van der Waals surface area contributed by atoms with E-state index in [0.29, 0.717) is 0 Å². The highest BCUT2D eigenvalue weighted by atomic mass is 35.5. The Hall–Kier alpha value is -2.87. The van der Waals surface area contributed by atoms with Crippen LogP contribution in [0.5, 0.6) is 0 Å². The van der Waals surface area contributed by atoms with Crippen molar-refractivity contribution in [1.82, 2.24) is 4.90 Å². The number of nitrogens with zero attached hydrogens (tertiary/aromatic N) is 1. The Kier molecular flexibility index (Phi) is 8.43. The van der Waals surface area contributed by atoms with Gasteiger partial charge in [-0.25, -0.2) is 8.42 Å². The highest BCUT2D eigenvalue weighted by molar-refractivity contribution is 7.91. The summed E-state index contributed by atoms with van der Waals surface area (Å²) in [5, 5.41) is 22.7. The Balaban J connectivity index is 2.54. The van der Waals surface area contributed by atoms with Gasteiger partial charge in [-0.3, -0.25) is 9.59 Å². The maximum atomic E-state index is 13.3. The molecule has 0 radical (unpaired) electrons. The number of hydrogen-bond donors (Lipinski definition) is 4. The van der Waals surface area contributed by atoms with E-state index in [1.807, 2.05) is 5.32 Å². The van der Waals surface area contributed by atoms with Crippen LogP contribution in [0.3, 0.4) is 0 Å². The van der Waals surface area contributed by atoms with Gasteiger partial charge in [-0.2, -0.15) is 13.2 Å². The molecule has 14 heteroatoms. The zero-order valence-electron chi connectivity index (χ0n) is 18.8. The van der Waals surface area contributed by atoms with E-state index >= 15 is 0 Å². The van der Waals surface area contributed by atoms with E-state index in [4.69, 9.17) is 16.7 Å². The van der Waals surface area contributed by atoms with Crippen LogP contribution in [-0.4, -0.2) is 74.4 Å². The number of nitrogens with one attached hydrogen (secondary N) is 2. The highest BCUT2D eigenvalue weighted by Gasteiger charge is 2.55. The number of carbonyl (C=O) groups is 2. The van der Waals surface area contributed by atoms with Gasteiger partial charge in [-0.1, -0.05) is 11.6 Å². The lowest BCUT2D eigenvalue weighted by Crippen LogP contribution is -2.52. The van der Waals surface area contributed by atoms with Crippen LogP contribution >= 0.6 is 11.6 Å². The third kappa shape index (κ3) is 5.86. The lowest BCUT2D eigenvalue weighted by molar-refractivity contribution is -0.242. The van der Waals surface area contributed by atoms with Gasteiger partial charge in [0.2, 0.25) is 15.4 Å². The number of rotatable bonds is 8. The van der Waals surface area contributed by atoms with Crippen molar-refractivity contribution in [1.29, 1.82) is 0 Å². The Morgan fingerprint density at radius 2 is 1.66 bits per heavy atom. The SMILES string of the molecule is CN(C)C(=O)c1ccc(S(=O)(=O)c2ccc(NC(=O)[C@@](C)(O)C(F)(F)F)c(Cl)c2NCCO)cc1. The second kappa shape index (κ2) is 10.4. The van der Waals surface area contributed by atoms with Crippen molar-refractivity contribution < 1.29 is 41.4 Å². The highest BCUT2D eigenvalue weighted by Crippen LogP contribution is 2.39. The van der Waals surface area contributed by atoms with Crippen molar-refractivity contribution >= 4 is 44.6 Å². The monoisotopic (exact) mass is 537 g/mol. The van der Waals surface area contributed by atoms with Gasteiger partial charge in [0.15, 0.2) is 0 Å². The summed E-state index contributed by atoms with van der Waals surface area (Å²) in [6.45, 7) is -0.378. The van der Waals surface area contributed by atoms with Crippen LogP contribution in [0.15, 0.2) is 46.2 Å². The summed E-state index contributed by atoms with van der Waals surface area (Å²) >= 11 is 6.22. The van der Waals surface area contributed by atoms with Crippen LogP contribution in [0, 0.1) is 0 Å². The van der Waals surface area contributed by atoms with Crippen LogP contribution in [0.1, 0.15) is 17.3 Å². The molecule has 0 saturated heterocycles. The largest absolute Gasteiger partial charge is 0.426 e. The smallest absolute Gasteiger partial charge is 0.395 e. The van der Waals surface area contributed by atoms with Gasteiger partial charge in [0.25, 0.3) is 11.8 Å². The van der Waals surface area contributed by atoms with Gasteiger partial charge in [0.1, 0.15) is 0 Å². The van der Waals surface area contributed by atoms with Crippen LogP contribution in [0.4, 0.5) is 24.5 Å². The molecular weight excluding hydrogens is 515 g/mol. The molecule has 2 amide bonds. The Bertz CT molecular complexity index is 1220. The first kappa shape index (κ1) is 28.4. The molecule has 192 valence electrons. The van der Waals surface area contributed by atoms with Gasteiger partial charge < -0.3 is 25.7 Å². The fraction of sp³-hybridized carbons (Fsp3) is 0.333. The zero-order valence-corrected chi connectivity index (χ0v) is 20.3. The standard InChI is InChI=1S/C21H23ClF3N3O6S/c1-20(32,21(23,24)25)19(31)27-14-8-9-15(17(16(14)22)26-10-11-29)35(33,34)13-6-4-12(5-7-13)18(30)28(2)3/h4-9,26,29,32H,10-11H2,1-3H3,(H,27,31)/t20-/m1/s1. The number of aliphatic hydroxyl groups is 2. The Morgan fingerprint density at radius 3 is 2.14 bits per heavy atom. The summed E-state index contributed by atoms with van der Waals surface area (Å²) in [5.74, 6) is -2.19. The Labute approximate surface area is 204 Å². The fourth-order valence-electron chi connectivity index (χ4n) is 2.76. The van der Waals surface area contributed by atoms with E-state index in [9.17, 15) is 36.3 Å². The molecule has 0 aliphatic rings. The number of anilines is 2. The van der Waals surface area contributed by atoms with E-state index < -0.39 is 49.7 Å². The molecule has 2 aromatic rings. The number of hydrogen-bond acceptors (Lipinski definition) is 7. The van der Waals surface area contributed by atoms with E-state index in [1.54, 1.807) is 0 Å². The van der Waals surface area contributed by atoms with Crippen molar-refractivity contribution in [2.45, 2.75) is 28.5 Å². The molecular formula is C21H23ClF3N3O6S. The fourth-order valence-corrected chi connectivity index (χ4v) is 4.53. The minimum Gasteiger partial charge on any atom is -0.395 e. The topological polar surface area (TPSA) is 136 Å². The van der Waals surface area contributed by atoms with Crippen molar-refractivity contribution in [3.63, 3.8) is 0 Å². The van der Waals surface area contributed by atoms with E-state index in [-0.39, 0.29) is 35.5 Å². The molecule has 0 spiro atoms. The van der Waals surface area contributed by atoms with Crippen molar-refractivity contribution in [2.24, 2.45) is 0 Å². The summed E-state index contributed by atoms with van der Waals surface area (Å²) in [4.78, 5) is 24.8. The quantitative estimate of drug-likeness (QED) is 0.406. The summed E-state index contributed by atoms with van der Waals surface area (Å²) in [6, 6.07) is 6.99. The molecule has 0 bridgehead atoms. The molecule has 1 atom stereocenters. The molecule has 0 aromatic heterocycles. The molecule has 0 fully saturated rings. The maximum absolute atomic E-state index is 13.3. The lowest BCUT2D eigenvalue weighted by atomic mass is 10.1. The molecule has 0 heterocycles. The maximum Gasteiger partial charge on any atom is 0.426 e. The van der Waals surface area contributed by atoms with Crippen LogP contribution < -0.4 is 10.6 Å². The van der Waals surface area contributed by atoms with Gasteiger partial charge in [0.05, 0.1) is 32.8 Å². The number of carbonyl (C=O) groups excluding carboxylic acids is 2. The van der Waals surface area contributed by atoms with E-state index in [2.05, 4.69) is 5.32 Å². The molecule has 0 aliphatic carbocycles. The Morgan fingerprint density at radius 1 is 1.09 bits per heavy atom. The zero-order chi connectivity index (χ0) is 26.8. The normalized spacial score (nSPS) is 13.6. The minimum atomic E-state index is -5.29. The molecule has 2 aromatic carbocycles. The van der Waals surface area contributed by atoms with Crippen molar-refractivity contribution in [3.8, 4) is 0 Å². The number of alkyl halides is 3. The van der Waals surface area contributed by atoms with Crippen molar-refractivity contribution in [2.75, 3.05) is 37.9 Å². The first-order valence-corrected chi connectivity index (χ1v) is 11.8. The molecule has 35 heavy (non-hydrogen) atoms. The van der Waals surface area contributed by atoms with E-state index in [0.717, 1.165) is 12.1 Å². The molecule has 0 unspecified atom stereocenters. The first-order chi connectivity index (χ1) is 16.1. The summed E-state index contributed by atoms with van der Waals surface area (Å²) in [5.41, 5.74) is -4.21. The second-order valence-corrected chi connectivity index (χ2v) is 10.00. The minimum absolute atomic E-state index is 0.184. The number of amides is 2. The van der Waals surface area contributed by atoms with Crippen LogP contribution in [0.25, 0.3) is 0 Å². The van der Waals surface area contributed by atoms with Gasteiger partial charge in [-0.05, 0) is 43.3 Å². The molecule has 9 nitrogen and oxygen atoms in total. The lowest BCUT2D eigenvalue weighted by Gasteiger charge is -2.25. The predicted molar refractivity (Wildman–Crippen MR) is 122 cm³/mol. The number of aliphatic hydroxyl groups excluding tert-OH is 1. The molecule has 0 aliphatic heterocycles. The van der Waals surface area contributed by atoms with Gasteiger partial charge in [0, 0.05) is 26.2 Å². The summed E-state index contributed by atoms with van der Waals surface area (Å²) in [6.07, 6.45) is -5.29. The van der Waals surface area contributed by atoms with Gasteiger partial charge >= 0.3 is 6.18 Å². The van der Waals surface area contributed by atoms with Crippen LogP contribution in [0.2, 0.25) is 5.02 Å². The van der Waals surface area contributed by atoms with Crippen LogP contribution in [-0.2, 0) is 14.6 Å². The molecule has 2 rings (SSSR count). The average molecular weight is 538 g/mol. The summed E-state index contributed by atoms with van der Waals surface area (Å²) in [7, 11) is -1.22. The average Bonchev–Trinajstić information content (AvgIpc) is 2.77. The number of sulfone groups is 1. The molecule has 0 saturated carbocycles. The third-order valence-electron chi connectivity index (χ3n) is 4.87. The predicted octanol–water partition coefficient (Wildman–Crippen LogP) is 2.53. The molecule has 4 N–H and O–H groups in total. The number of benzene rings is 2. The summed E-state index contributed by atoms with van der Waals surface area (Å²) < 4.78 is 65.5. The third-order valence-corrected chi connectivity index (χ3v) is 7.07. The first-order valence-electron chi connectivity index (χ1n) is 9.90. The van der Waals surface area contributed by atoms with E-state index in [1.165, 1.54) is 43.3 Å². The van der Waals surface area contributed by atoms with Gasteiger partial charge in [-0.15, -0.1) is 0 Å². The van der Waals surface area contributed by atoms with Crippen molar-refractivity contribution in [3.05, 3.63) is 47.0 Å². The number of halogens is 4. The second-order valence-electron chi connectivity index (χ2n) is 7.70.